The molecule has 0 aromatic rings. The topological polar surface area (TPSA) is 93.1 Å². The molecule has 0 spiro atoms. The second-order valence-electron chi connectivity index (χ2n) is 16.7. The van der Waals surface area contributed by atoms with Gasteiger partial charge in [-0.15, -0.1) is 0 Å². The number of carbonyl (C=O) groups is 2. The Morgan fingerprint density at radius 3 is 1.81 bits per heavy atom. The Morgan fingerprint density at radius 1 is 0.809 bits per heavy atom. The van der Waals surface area contributed by atoms with Crippen molar-refractivity contribution in [1.82, 2.24) is 0 Å². The number of hydrogen-bond donors (Lipinski definition) is 2. The van der Waals surface area contributed by atoms with Gasteiger partial charge in [0.1, 0.15) is 12.2 Å². The van der Waals surface area contributed by atoms with E-state index in [0.717, 1.165) is 30.4 Å². The van der Waals surface area contributed by atoms with E-state index in [1.807, 2.05) is 39.8 Å². The van der Waals surface area contributed by atoms with Gasteiger partial charge in [-0.05, 0) is 58.5 Å². The molecule has 0 aromatic heterocycles. The van der Waals surface area contributed by atoms with Crippen molar-refractivity contribution < 1.29 is 29.3 Å². The Bertz CT molecular complexity index is 1180. The molecule has 0 aliphatic heterocycles. The Balaban J connectivity index is 0.000000320. The van der Waals surface area contributed by atoms with E-state index in [-0.39, 0.29) is 77.9 Å². The van der Waals surface area contributed by atoms with E-state index >= 15 is 0 Å². The third-order valence-corrected chi connectivity index (χ3v) is 11.1. The number of hydrogen-bond acceptors (Lipinski definition) is 6. The average molecular weight is 657 g/mol. The molecule has 6 nitrogen and oxygen atoms in total. The number of fused-ring (bicyclic) bond motifs is 2. The zero-order chi connectivity index (χ0) is 34.7. The molecule has 4 aliphatic carbocycles. The van der Waals surface area contributed by atoms with Crippen LogP contribution >= 0.6 is 0 Å². The zero-order valence-corrected chi connectivity index (χ0v) is 30.7. The van der Waals surface area contributed by atoms with Crippen LogP contribution in [0.4, 0.5) is 0 Å². The molecule has 12 atom stereocenters. The molecule has 0 heterocycles. The minimum Gasteiger partial charge on any atom is -0.461 e. The molecular formula is C41H68O6. The lowest BCUT2D eigenvalue weighted by Gasteiger charge is -2.49. The monoisotopic (exact) mass is 657 g/mol. The summed E-state index contributed by atoms with van der Waals surface area (Å²) in [6.07, 6.45) is 13.9. The third-order valence-electron chi connectivity index (χ3n) is 11.1. The molecule has 0 radical (unpaired) electrons. The largest absolute Gasteiger partial charge is 0.461 e. The fraction of sp³-hybridized carbons (Fsp3) is 0.756. The van der Waals surface area contributed by atoms with Crippen LogP contribution in [0.3, 0.4) is 0 Å². The quantitative estimate of drug-likeness (QED) is 0.278. The van der Waals surface area contributed by atoms with E-state index in [0.29, 0.717) is 18.3 Å². The second kappa shape index (κ2) is 16.5. The SMILES string of the molecule is C.CCC(C)C(=O)OC1CC(O)C=C2C=CC(C)C(C(C)(C)C)C21.CCC(C)C(=O)OC1CC=CC2=CC(O)C(C)C(C(C)(C)C)C21. The summed E-state index contributed by atoms with van der Waals surface area (Å²) in [5, 5.41) is 20.6. The van der Waals surface area contributed by atoms with E-state index in [2.05, 4.69) is 79.7 Å². The molecule has 0 saturated heterocycles. The molecule has 0 bridgehead atoms. The number of ether oxygens (including phenoxy) is 2. The van der Waals surface area contributed by atoms with Crippen molar-refractivity contribution in [2.24, 2.45) is 58.2 Å². The Labute approximate surface area is 287 Å². The molecule has 0 saturated carbocycles. The van der Waals surface area contributed by atoms with Gasteiger partial charge in [0.05, 0.1) is 24.0 Å². The molecule has 0 fully saturated rings. The molecule has 12 unspecified atom stereocenters. The van der Waals surface area contributed by atoms with Crippen LogP contribution in [0.5, 0.6) is 0 Å². The summed E-state index contributed by atoms with van der Waals surface area (Å²) in [5.41, 5.74) is 2.40. The Kier molecular flexibility index (Phi) is 14.4. The first kappa shape index (κ1) is 41.0. The van der Waals surface area contributed by atoms with Gasteiger partial charge in [0.2, 0.25) is 0 Å². The molecule has 0 aromatic carbocycles. The van der Waals surface area contributed by atoms with Crippen LogP contribution in [0, 0.1) is 58.2 Å². The lowest BCUT2D eigenvalue weighted by molar-refractivity contribution is -0.160. The van der Waals surface area contributed by atoms with Crippen LogP contribution in [0.2, 0.25) is 0 Å². The predicted octanol–water partition coefficient (Wildman–Crippen LogP) is 8.88. The van der Waals surface area contributed by atoms with Crippen LogP contribution in [0.1, 0.15) is 116 Å². The highest BCUT2D eigenvalue weighted by molar-refractivity contribution is 5.72. The molecular weight excluding hydrogens is 588 g/mol. The third kappa shape index (κ3) is 9.71. The minimum atomic E-state index is -0.533. The first-order valence-electron chi connectivity index (χ1n) is 17.9. The molecule has 2 N–H and O–H groups in total. The lowest BCUT2D eigenvalue weighted by Crippen LogP contribution is -2.48. The highest BCUT2D eigenvalue weighted by Gasteiger charge is 2.48. The maximum absolute atomic E-state index is 12.3. The average Bonchev–Trinajstić information content (AvgIpc) is 2.96. The van der Waals surface area contributed by atoms with Gasteiger partial charge in [-0.2, -0.15) is 0 Å². The molecule has 0 amide bonds. The van der Waals surface area contributed by atoms with Crippen molar-refractivity contribution in [2.75, 3.05) is 0 Å². The van der Waals surface area contributed by atoms with Gasteiger partial charge in [0.15, 0.2) is 0 Å². The smallest absolute Gasteiger partial charge is 0.308 e. The van der Waals surface area contributed by atoms with Crippen LogP contribution in [0.25, 0.3) is 0 Å². The van der Waals surface area contributed by atoms with Gasteiger partial charge in [-0.3, -0.25) is 9.59 Å². The maximum Gasteiger partial charge on any atom is 0.308 e. The number of esters is 2. The lowest BCUT2D eigenvalue weighted by atomic mass is 9.58. The zero-order valence-electron chi connectivity index (χ0n) is 30.7. The first-order chi connectivity index (χ1) is 21.3. The summed E-state index contributed by atoms with van der Waals surface area (Å²) in [4.78, 5) is 24.6. The standard InChI is InChI=1S/2C20H32O3.CH4/c1-7-12(2)19(22)23-16-11-15(21)10-14-9-8-13(3)18(17(14)16)20(4,5)6;1-7-12(2)19(22)23-16-10-8-9-14-11-15(21)13(3)18(17(14)16)20(4,5)6;/h8-10,12-13,15-18,21H,7,11H2,1-6H3;8-9,11-13,15-18,21H,7,10H2,1-6H3;1H4. The number of aliphatic hydroxyl groups excluding tert-OH is 2. The van der Waals surface area contributed by atoms with Crippen molar-refractivity contribution in [1.29, 1.82) is 0 Å². The summed E-state index contributed by atoms with van der Waals surface area (Å²) >= 11 is 0. The van der Waals surface area contributed by atoms with E-state index in [9.17, 15) is 19.8 Å². The molecule has 4 aliphatic rings. The van der Waals surface area contributed by atoms with Gasteiger partial charge in [0, 0.05) is 24.7 Å². The minimum absolute atomic E-state index is 0. The van der Waals surface area contributed by atoms with Crippen molar-refractivity contribution in [2.45, 2.75) is 141 Å². The van der Waals surface area contributed by atoms with E-state index in [1.54, 1.807) is 0 Å². The van der Waals surface area contributed by atoms with E-state index in [1.165, 1.54) is 0 Å². The fourth-order valence-electron chi connectivity index (χ4n) is 8.38. The van der Waals surface area contributed by atoms with E-state index < -0.39 is 12.2 Å². The van der Waals surface area contributed by atoms with Crippen molar-refractivity contribution >= 4 is 11.9 Å². The van der Waals surface area contributed by atoms with Crippen LogP contribution < -0.4 is 0 Å². The predicted molar refractivity (Wildman–Crippen MR) is 192 cm³/mol. The van der Waals surface area contributed by atoms with Gasteiger partial charge < -0.3 is 19.7 Å². The molecule has 268 valence electrons. The Morgan fingerprint density at radius 2 is 1.30 bits per heavy atom. The maximum atomic E-state index is 12.3. The highest BCUT2D eigenvalue weighted by atomic mass is 16.5. The van der Waals surface area contributed by atoms with Crippen LogP contribution in [-0.4, -0.2) is 46.6 Å². The fourth-order valence-corrected chi connectivity index (χ4v) is 8.38. The Hall–Kier alpha value is -2.18. The normalized spacial score (nSPS) is 34.5. The van der Waals surface area contributed by atoms with Crippen LogP contribution in [0.15, 0.2) is 47.6 Å². The van der Waals surface area contributed by atoms with Crippen LogP contribution in [-0.2, 0) is 19.1 Å². The summed E-state index contributed by atoms with van der Waals surface area (Å²) in [5.74, 6) is 1.20. The summed E-state index contributed by atoms with van der Waals surface area (Å²) in [6, 6.07) is 0. The highest BCUT2D eigenvalue weighted by Crippen LogP contribution is 2.50. The van der Waals surface area contributed by atoms with Gasteiger partial charge in [-0.1, -0.05) is 127 Å². The molecule has 4 rings (SSSR count). The first-order valence-corrected chi connectivity index (χ1v) is 17.9. The van der Waals surface area contributed by atoms with E-state index in [4.69, 9.17) is 9.47 Å². The van der Waals surface area contributed by atoms with Gasteiger partial charge in [0.25, 0.3) is 0 Å². The number of rotatable bonds is 6. The van der Waals surface area contributed by atoms with Crippen molar-refractivity contribution in [3.8, 4) is 0 Å². The second-order valence-corrected chi connectivity index (χ2v) is 16.7. The molecule has 47 heavy (non-hydrogen) atoms. The van der Waals surface area contributed by atoms with Crippen molar-refractivity contribution in [3.05, 3.63) is 47.6 Å². The summed E-state index contributed by atoms with van der Waals surface area (Å²) in [6.45, 7) is 25.6. The number of allylic oxidation sites excluding steroid dienone is 3. The summed E-state index contributed by atoms with van der Waals surface area (Å²) < 4.78 is 11.8. The van der Waals surface area contributed by atoms with Gasteiger partial charge in [-0.25, -0.2) is 0 Å². The van der Waals surface area contributed by atoms with Gasteiger partial charge >= 0.3 is 11.9 Å². The summed E-state index contributed by atoms with van der Waals surface area (Å²) in [7, 11) is 0. The molecule has 6 heteroatoms. The number of carbonyl (C=O) groups excluding carboxylic acids is 2. The van der Waals surface area contributed by atoms with Crippen molar-refractivity contribution in [3.63, 3.8) is 0 Å². The number of aliphatic hydroxyl groups is 2.